The number of nitrogens with two attached hydrogens (primary N) is 1. The van der Waals surface area contributed by atoms with E-state index in [4.69, 9.17) is 5.14 Å². The summed E-state index contributed by atoms with van der Waals surface area (Å²) in [6.45, 7) is 0.843. The number of amides is 1. The average Bonchev–Trinajstić information content (AvgIpc) is 2.37. The number of primary sulfonamides is 1. The maximum atomic E-state index is 13.2. The summed E-state index contributed by atoms with van der Waals surface area (Å²) in [4.78, 5) is 13.3. The SMILES string of the molecule is NS(=O)(=O)c1ccc(F)cc1C(=O)N1CC=CCC1. The lowest BCUT2D eigenvalue weighted by molar-refractivity contribution is 0.0766. The molecule has 2 rings (SSSR count). The van der Waals surface area contributed by atoms with Crippen molar-refractivity contribution < 1.29 is 17.6 Å². The highest BCUT2D eigenvalue weighted by molar-refractivity contribution is 7.89. The molecule has 0 spiro atoms. The molecule has 0 saturated heterocycles. The van der Waals surface area contributed by atoms with Crippen LogP contribution < -0.4 is 5.14 Å². The van der Waals surface area contributed by atoms with Gasteiger partial charge in [-0.15, -0.1) is 0 Å². The van der Waals surface area contributed by atoms with Gasteiger partial charge in [0, 0.05) is 13.1 Å². The van der Waals surface area contributed by atoms with Gasteiger partial charge < -0.3 is 4.90 Å². The molecule has 0 atom stereocenters. The zero-order chi connectivity index (χ0) is 14.0. The minimum atomic E-state index is -4.07. The fourth-order valence-corrected chi connectivity index (χ4v) is 2.62. The molecule has 7 heteroatoms. The molecular weight excluding hydrogens is 271 g/mol. The maximum Gasteiger partial charge on any atom is 0.255 e. The molecule has 5 nitrogen and oxygen atoms in total. The Bertz CT molecular complexity index is 640. The monoisotopic (exact) mass is 284 g/mol. The van der Waals surface area contributed by atoms with Crippen LogP contribution in [0.5, 0.6) is 0 Å². The molecule has 102 valence electrons. The van der Waals surface area contributed by atoms with Gasteiger partial charge in [-0.3, -0.25) is 4.79 Å². The molecule has 1 aromatic carbocycles. The Morgan fingerprint density at radius 3 is 2.63 bits per heavy atom. The topological polar surface area (TPSA) is 80.5 Å². The number of carbonyl (C=O) groups is 1. The van der Waals surface area contributed by atoms with Gasteiger partial charge >= 0.3 is 0 Å². The molecule has 1 heterocycles. The lowest BCUT2D eigenvalue weighted by Gasteiger charge is -2.24. The Hall–Kier alpha value is -1.73. The molecule has 1 aromatic rings. The molecular formula is C12H13FN2O3S. The highest BCUT2D eigenvalue weighted by Crippen LogP contribution is 2.19. The van der Waals surface area contributed by atoms with Crippen molar-refractivity contribution in [1.82, 2.24) is 4.90 Å². The largest absolute Gasteiger partial charge is 0.335 e. The molecule has 0 unspecified atom stereocenters. The standard InChI is InChI=1S/C12H13FN2O3S/c13-9-4-5-11(19(14,17)18)10(8-9)12(16)15-6-2-1-3-7-15/h1-2,4-5,8H,3,6-7H2,(H2,14,17,18). The summed E-state index contributed by atoms with van der Waals surface area (Å²) in [6.07, 6.45) is 4.42. The number of rotatable bonds is 2. The van der Waals surface area contributed by atoms with Crippen molar-refractivity contribution in [2.75, 3.05) is 13.1 Å². The van der Waals surface area contributed by atoms with Gasteiger partial charge in [0.05, 0.1) is 10.5 Å². The first-order valence-electron chi connectivity index (χ1n) is 5.66. The highest BCUT2D eigenvalue weighted by atomic mass is 32.2. The van der Waals surface area contributed by atoms with Gasteiger partial charge in [0.15, 0.2) is 0 Å². The van der Waals surface area contributed by atoms with Crippen LogP contribution in [0.15, 0.2) is 35.2 Å². The number of hydrogen-bond acceptors (Lipinski definition) is 3. The Labute approximate surface area is 110 Å². The number of benzene rings is 1. The third kappa shape index (κ3) is 2.99. The molecule has 0 aromatic heterocycles. The first-order chi connectivity index (χ1) is 8.89. The van der Waals surface area contributed by atoms with E-state index in [2.05, 4.69) is 0 Å². The predicted molar refractivity (Wildman–Crippen MR) is 67.4 cm³/mol. The maximum absolute atomic E-state index is 13.2. The third-order valence-corrected chi connectivity index (χ3v) is 3.79. The van der Waals surface area contributed by atoms with Crippen LogP contribution in [0.1, 0.15) is 16.8 Å². The zero-order valence-electron chi connectivity index (χ0n) is 10.0. The van der Waals surface area contributed by atoms with Crippen LogP contribution in [0, 0.1) is 5.82 Å². The number of halogens is 1. The van der Waals surface area contributed by atoms with E-state index in [1.165, 1.54) is 4.90 Å². The molecule has 1 aliphatic rings. The number of nitrogens with zero attached hydrogens (tertiary/aromatic N) is 1. The Kier molecular flexibility index (Phi) is 3.68. The second kappa shape index (κ2) is 5.10. The van der Waals surface area contributed by atoms with Crippen LogP contribution in [-0.4, -0.2) is 32.3 Å². The molecule has 0 aliphatic carbocycles. The van der Waals surface area contributed by atoms with Gasteiger partial charge in [-0.05, 0) is 24.6 Å². The summed E-state index contributed by atoms with van der Waals surface area (Å²) < 4.78 is 36.1. The lowest BCUT2D eigenvalue weighted by atomic mass is 10.1. The van der Waals surface area contributed by atoms with Crippen molar-refractivity contribution in [2.45, 2.75) is 11.3 Å². The highest BCUT2D eigenvalue weighted by Gasteiger charge is 2.24. The third-order valence-electron chi connectivity index (χ3n) is 2.82. The summed E-state index contributed by atoms with van der Waals surface area (Å²) >= 11 is 0. The molecule has 0 bridgehead atoms. The number of sulfonamides is 1. The van der Waals surface area contributed by atoms with Crippen molar-refractivity contribution in [3.63, 3.8) is 0 Å². The van der Waals surface area contributed by atoms with Crippen LogP contribution >= 0.6 is 0 Å². The quantitative estimate of drug-likeness (QED) is 0.818. The smallest absolute Gasteiger partial charge is 0.255 e. The van der Waals surface area contributed by atoms with Crippen LogP contribution in [0.3, 0.4) is 0 Å². The zero-order valence-corrected chi connectivity index (χ0v) is 10.9. The summed E-state index contributed by atoms with van der Waals surface area (Å²) in [7, 11) is -4.07. The average molecular weight is 284 g/mol. The van der Waals surface area contributed by atoms with Gasteiger partial charge in [0.2, 0.25) is 10.0 Å². The molecule has 1 amide bonds. The van der Waals surface area contributed by atoms with E-state index in [1.54, 1.807) is 6.08 Å². The van der Waals surface area contributed by atoms with Gasteiger partial charge in [-0.25, -0.2) is 17.9 Å². The molecule has 0 radical (unpaired) electrons. The molecule has 0 fully saturated rings. The normalized spacial score (nSPS) is 15.6. The Morgan fingerprint density at radius 1 is 1.32 bits per heavy atom. The van der Waals surface area contributed by atoms with E-state index in [9.17, 15) is 17.6 Å². The van der Waals surface area contributed by atoms with Crippen molar-refractivity contribution in [3.05, 3.63) is 41.7 Å². The van der Waals surface area contributed by atoms with Gasteiger partial charge in [-0.1, -0.05) is 12.2 Å². The molecule has 1 aliphatic heterocycles. The van der Waals surface area contributed by atoms with E-state index in [0.29, 0.717) is 19.5 Å². The van der Waals surface area contributed by atoms with Gasteiger partial charge in [0.25, 0.3) is 5.91 Å². The second-order valence-corrected chi connectivity index (χ2v) is 5.73. The Balaban J connectivity index is 2.46. The first kappa shape index (κ1) is 13.7. The predicted octanol–water partition coefficient (Wildman–Crippen LogP) is 0.875. The van der Waals surface area contributed by atoms with Crippen molar-refractivity contribution >= 4 is 15.9 Å². The number of carbonyl (C=O) groups excluding carboxylic acids is 1. The van der Waals surface area contributed by atoms with Crippen LogP contribution in [-0.2, 0) is 10.0 Å². The molecule has 0 saturated carbocycles. The van der Waals surface area contributed by atoms with Crippen LogP contribution in [0.4, 0.5) is 4.39 Å². The van der Waals surface area contributed by atoms with Gasteiger partial charge in [0.1, 0.15) is 5.82 Å². The molecule has 19 heavy (non-hydrogen) atoms. The summed E-state index contributed by atoms with van der Waals surface area (Å²) in [6, 6.07) is 2.88. The van der Waals surface area contributed by atoms with E-state index in [0.717, 1.165) is 18.2 Å². The van der Waals surface area contributed by atoms with Crippen molar-refractivity contribution in [3.8, 4) is 0 Å². The van der Waals surface area contributed by atoms with E-state index in [1.807, 2.05) is 6.08 Å². The fraction of sp³-hybridized carbons (Fsp3) is 0.250. The fourth-order valence-electron chi connectivity index (χ4n) is 1.91. The minimum absolute atomic E-state index is 0.224. The lowest BCUT2D eigenvalue weighted by Crippen LogP contribution is -2.35. The van der Waals surface area contributed by atoms with E-state index in [-0.39, 0.29) is 10.5 Å². The van der Waals surface area contributed by atoms with Crippen molar-refractivity contribution in [2.24, 2.45) is 5.14 Å². The minimum Gasteiger partial charge on any atom is -0.335 e. The van der Waals surface area contributed by atoms with Gasteiger partial charge in [-0.2, -0.15) is 0 Å². The summed E-state index contributed by atoms with van der Waals surface area (Å²) in [5, 5.41) is 5.04. The number of hydrogen-bond donors (Lipinski definition) is 1. The van der Waals surface area contributed by atoms with Crippen LogP contribution in [0.25, 0.3) is 0 Å². The van der Waals surface area contributed by atoms with E-state index < -0.39 is 21.7 Å². The summed E-state index contributed by atoms with van der Waals surface area (Å²) in [5.74, 6) is -1.21. The second-order valence-electron chi connectivity index (χ2n) is 4.20. The molecule has 2 N–H and O–H groups in total. The van der Waals surface area contributed by atoms with E-state index >= 15 is 0 Å². The Morgan fingerprint density at radius 2 is 2.05 bits per heavy atom. The first-order valence-corrected chi connectivity index (χ1v) is 7.21. The summed E-state index contributed by atoms with van der Waals surface area (Å²) in [5.41, 5.74) is -0.224. The van der Waals surface area contributed by atoms with Crippen LogP contribution in [0.2, 0.25) is 0 Å². The van der Waals surface area contributed by atoms with Crippen molar-refractivity contribution in [1.29, 1.82) is 0 Å².